The first-order valence-electron chi connectivity index (χ1n) is 8.46. The highest BCUT2D eigenvalue weighted by Crippen LogP contribution is 2.22. The number of esters is 1. The Morgan fingerprint density at radius 1 is 0.923 bits per heavy atom. The number of nitrogens with one attached hydrogen (secondary N) is 1. The third kappa shape index (κ3) is 4.57. The molecule has 136 valence electrons. The van der Waals surface area contributed by atoms with Crippen molar-refractivity contribution < 1.29 is 19.1 Å². The third-order valence-electron chi connectivity index (χ3n) is 3.76. The van der Waals surface area contributed by atoms with Crippen LogP contribution in [0.15, 0.2) is 48.5 Å². The average molecular weight is 353 g/mol. The molecule has 26 heavy (non-hydrogen) atoms. The Morgan fingerprint density at radius 2 is 1.50 bits per heavy atom. The predicted molar refractivity (Wildman–Crippen MR) is 101 cm³/mol. The lowest BCUT2D eigenvalue weighted by Crippen LogP contribution is -2.20. The Kier molecular flexibility index (Phi) is 5.93. The van der Waals surface area contributed by atoms with Gasteiger partial charge in [0.1, 0.15) is 0 Å². The van der Waals surface area contributed by atoms with E-state index in [1.165, 1.54) is 0 Å². The van der Waals surface area contributed by atoms with Crippen molar-refractivity contribution in [3.63, 3.8) is 0 Å². The van der Waals surface area contributed by atoms with Crippen molar-refractivity contribution in [2.24, 2.45) is 5.41 Å². The molecular formula is C21H23NO4. The van der Waals surface area contributed by atoms with Crippen LogP contribution in [0.2, 0.25) is 0 Å². The number of ketones is 1. The van der Waals surface area contributed by atoms with Crippen LogP contribution in [0.3, 0.4) is 0 Å². The van der Waals surface area contributed by atoms with Crippen molar-refractivity contribution in [1.29, 1.82) is 0 Å². The van der Waals surface area contributed by atoms with Crippen LogP contribution in [0, 0.1) is 5.41 Å². The van der Waals surface area contributed by atoms with Crippen LogP contribution in [-0.4, -0.2) is 24.3 Å². The molecule has 0 aliphatic carbocycles. The molecule has 0 saturated heterocycles. The first-order chi connectivity index (χ1) is 12.2. The number of benzene rings is 2. The van der Waals surface area contributed by atoms with Gasteiger partial charge in [-0.15, -0.1) is 0 Å². The average Bonchev–Trinajstić information content (AvgIpc) is 2.61. The second kappa shape index (κ2) is 7.95. The zero-order valence-electron chi connectivity index (χ0n) is 15.5. The SMILES string of the molecule is CCOC(=O)c1ccccc1NC(=O)c1ccc(C(=O)C(C)(C)C)cc1. The summed E-state index contributed by atoms with van der Waals surface area (Å²) in [7, 11) is 0. The summed E-state index contributed by atoms with van der Waals surface area (Å²) < 4.78 is 5.00. The predicted octanol–water partition coefficient (Wildman–Crippen LogP) is 4.34. The summed E-state index contributed by atoms with van der Waals surface area (Å²) in [6.45, 7) is 7.52. The molecule has 0 aliphatic heterocycles. The molecule has 0 saturated carbocycles. The fourth-order valence-electron chi connectivity index (χ4n) is 2.38. The maximum Gasteiger partial charge on any atom is 0.340 e. The van der Waals surface area contributed by atoms with Gasteiger partial charge in [0.05, 0.1) is 17.9 Å². The van der Waals surface area contributed by atoms with Gasteiger partial charge in [-0.1, -0.05) is 45.0 Å². The highest BCUT2D eigenvalue weighted by Gasteiger charge is 2.23. The van der Waals surface area contributed by atoms with Gasteiger partial charge in [-0.25, -0.2) is 4.79 Å². The number of Topliss-reactive ketones (excluding diaryl/α,β-unsaturated/α-hetero) is 1. The first-order valence-corrected chi connectivity index (χ1v) is 8.46. The largest absolute Gasteiger partial charge is 0.462 e. The molecule has 0 aromatic heterocycles. The molecule has 0 spiro atoms. The maximum atomic E-state index is 12.5. The van der Waals surface area contributed by atoms with Gasteiger partial charge in [0.25, 0.3) is 5.91 Å². The van der Waals surface area contributed by atoms with Crippen LogP contribution >= 0.6 is 0 Å². The number of carbonyl (C=O) groups excluding carboxylic acids is 3. The fraction of sp³-hybridized carbons (Fsp3) is 0.286. The second-order valence-electron chi connectivity index (χ2n) is 6.88. The van der Waals surface area contributed by atoms with Crippen molar-refractivity contribution in [3.05, 3.63) is 65.2 Å². The smallest absolute Gasteiger partial charge is 0.340 e. The van der Waals surface area contributed by atoms with Crippen LogP contribution < -0.4 is 5.32 Å². The lowest BCUT2D eigenvalue weighted by atomic mass is 9.86. The van der Waals surface area contributed by atoms with Crippen LogP contribution in [-0.2, 0) is 4.74 Å². The number of anilines is 1. The molecule has 0 fully saturated rings. The first kappa shape index (κ1) is 19.4. The number of hydrogen-bond donors (Lipinski definition) is 1. The molecule has 0 aliphatic rings. The molecule has 0 atom stereocenters. The van der Waals surface area contributed by atoms with Gasteiger partial charge in [-0.3, -0.25) is 9.59 Å². The summed E-state index contributed by atoms with van der Waals surface area (Å²) in [5.74, 6) is -0.844. The molecule has 5 nitrogen and oxygen atoms in total. The van der Waals surface area contributed by atoms with Gasteiger partial charge in [-0.05, 0) is 31.2 Å². The molecule has 1 amide bonds. The van der Waals surface area contributed by atoms with Crippen molar-refractivity contribution in [2.75, 3.05) is 11.9 Å². The Bertz CT molecular complexity index is 817. The monoisotopic (exact) mass is 353 g/mol. The fourth-order valence-corrected chi connectivity index (χ4v) is 2.38. The molecule has 2 rings (SSSR count). The number of para-hydroxylation sites is 1. The standard InChI is InChI=1S/C21H23NO4/c1-5-26-20(25)16-8-6-7-9-17(16)22-19(24)15-12-10-14(11-13-15)18(23)21(2,3)4/h6-13H,5H2,1-4H3,(H,22,24). The van der Waals surface area contributed by atoms with Gasteiger partial charge in [0.15, 0.2) is 5.78 Å². The van der Waals surface area contributed by atoms with E-state index in [9.17, 15) is 14.4 Å². The summed E-state index contributed by atoms with van der Waals surface area (Å²) in [4.78, 5) is 36.7. The van der Waals surface area contributed by atoms with E-state index < -0.39 is 11.4 Å². The van der Waals surface area contributed by atoms with Crippen molar-refractivity contribution in [2.45, 2.75) is 27.7 Å². The van der Waals surface area contributed by atoms with E-state index in [2.05, 4.69) is 5.32 Å². The maximum absolute atomic E-state index is 12.5. The number of carbonyl (C=O) groups is 3. The molecule has 2 aromatic carbocycles. The normalized spacial score (nSPS) is 10.9. The minimum atomic E-state index is -0.491. The molecule has 0 heterocycles. The van der Waals surface area contributed by atoms with Gasteiger partial charge < -0.3 is 10.1 Å². The molecule has 0 unspecified atom stereocenters. The number of amides is 1. The quantitative estimate of drug-likeness (QED) is 0.641. The summed E-state index contributed by atoms with van der Waals surface area (Å²) in [5.41, 5.74) is 1.14. The van der Waals surface area contributed by atoms with Crippen LogP contribution in [0.1, 0.15) is 58.8 Å². The molecule has 2 aromatic rings. The molecule has 0 bridgehead atoms. The van der Waals surface area contributed by atoms with Gasteiger partial charge >= 0.3 is 5.97 Å². The van der Waals surface area contributed by atoms with Crippen molar-refractivity contribution >= 4 is 23.3 Å². The molecule has 1 N–H and O–H groups in total. The molecular weight excluding hydrogens is 330 g/mol. The lowest BCUT2D eigenvalue weighted by Gasteiger charge is -2.16. The molecule has 0 radical (unpaired) electrons. The highest BCUT2D eigenvalue weighted by molar-refractivity contribution is 6.08. The van der Waals surface area contributed by atoms with Crippen LogP contribution in [0.4, 0.5) is 5.69 Å². The third-order valence-corrected chi connectivity index (χ3v) is 3.76. The summed E-state index contributed by atoms with van der Waals surface area (Å²) in [5, 5.41) is 2.72. The van der Waals surface area contributed by atoms with E-state index in [0.29, 0.717) is 22.4 Å². The zero-order chi connectivity index (χ0) is 19.3. The minimum Gasteiger partial charge on any atom is -0.462 e. The van der Waals surface area contributed by atoms with Gasteiger partial charge in [0.2, 0.25) is 0 Å². The Morgan fingerprint density at radius 3 is 2.08 bits per heavy atom. The molecule has 5 heteroatoms. The van der Waals surface area contributed by atoms with Gasteiger partial charge in [0, 0.05) is 16.5 Å². The van der Waals surface area contributed by atoms with Crippen molar-refractivity contribution in [3.8, 4) is 0 Å². The van der Waals surface area contributed by atoms with E-state index in [1.807, 2.05) is 20.8 Å². The number of ether oxygens (including phenoxy) is 1. The van der Waals surface area contributed by atoms with Crippen molar-refractivity contribution in [1.82, 2.24) is 0 Å². The van der Waals surface area contributed by atoms with E-state index in [1.54, 1.807) is 55.5 Å². The van der Waals surface area contributed by atoms with Crippen LogP contribution in [0.25, 0.3) is 0 Å². The summed E-state index contributed by atoms with van der Waals surface area (Å²) in [6.07, 6.45) is 0. The highest BCUT2D eigenvalue weighted by atomic mass is 16.5. The van der Waals surface area contributed by atoms with E-state index in [-0.39, 0.29) is 18.3 Å². The topological polar surface area (TPSA) is 72.5 Å². The van der Waals surface area contributed by atoms with E-state index in [4.69, 9.17) is 4.74 Å². The Labute approximate surface area is 153 Å². The van der Waals surface area contributed by atoms with E-state index in [0.717, 1.165) is 0 Å². The van der Waals surface area contributed by atoms with Crippen LogP contribution in [0.5, 0.6) is 0 Å². The van der Waals surface area contributed by atoms with Gasteiger partial charge in [-0.2, -0.15) is 0 Å². The summed E-state index contributed by atoms with van der Waals surface area (Å²) in [6, 6.07) is 13.1. The number of rotatable bonds is 5. The van der Waals surface area contributed by atoms with E-state index >= 15 is 0 Å². The Hall–Kier alpha value is -2.95. The number of hydrogen-bond acceptors (Lipinski definition) is 4. The lowest BCUT2D eigenvalue weighted by molar-refractivity contribution is 0.0527. The second-order valence-corrected chi connectivity index (χ2v) is 6.88. The Balaban J connectivity index is 2.19. The zero-order valence-corrected chi connectivity index (χ0v) is 15.5. The summed E-state index contributed by atoms with van der Waals surface area (Å²) >= 11 is 0. The minimum absolute atomic E-state index is 0.0112.